The average Bonchev–Trinajstić information content (AvgIpc) is 3.04. The second kappa shape index (κ2) is 8.00. The van der Waals surface area contributed by atoms with E-state index < -0.39 is 0 Å². The predicted molar refractivity (Wildman–Crippen MR) is 83.1 cm³/mol. The first-order chi connectivity index (χ1) is 10.2. The number of nitrogens with two attached hydrogens (primary N) is 1. The molecule has 1 aromatic rings. The van der Waals surface area contributed by atoms with Gasteiger partial charge in [0.05, 0.1) is 0 Å². The van der Waals surface area contributed by atoms with Crippen molar-refractivity contribution in [1.82, 2.24) is 9.80 Å². The van der Waals surface area contributed by atoms with Crippen LogP contribution in [0.1, 0.15) is 18.4 Å². The highest BCUT2D eigenvalue weighted by Gasteiger charge is 2.14. The van der Waals surface area contributed by atoms with Crippen LogP contribution in [0, 0.1) is 0 Å². The molecule has 0 saturated carbocycles. The Hall–Kier alpha value is -1.59. The Bertz CT molecular complexity index is 441. The third kappa shape index (κ3) is 5.02. The van der Waals surface area contributed by atoms with Gasteiger partial charge in [0.25, 0.3) is 5.91 Å². The van der Waals surface area contributed by atoms with Gasteiger partial charge in [-0.2, -0.15) is 0 Å². The van der Waals surface area contributed by atoms with Crippen molar-refractivity contribution in [2.24, 2.45) is 5.73 Å². The Morgan fingerprint density at radius 2 is 1.95 bits per heavy atom. The third-order valence-corrected chi connectivity index (χ3v) is 3.90. The smallest absolute Gasteiger partial charge is 0.260 e. The van der Waals surface area contributed by atoms with Crippen LogP contribution in [0.5, 0.6) is 5.75 Å². The summed E-state index contributed by atoms with van der Waals surface area (Å²) in [4.78, 5) is 16.1. The largest absolute Gasteiger partial charge is 0.484 e. The van der Waals surface area contributed by atoms with Crippen LogP contribution in [0.2, 0.25) is 0 Å². The molecule has 0 bridgehead atoms. The maximum Gasteiger partial charge on any atom is 0.260 e. The molecular formula is C16H25N3O2. The van der Waals surface area contributed by atoms with Gasteiger partial charge in [0.1, 0.15) is 5.75 Å². The van der Waals surface area contributed by atoms with Crippen molar-refractivity contribution in [2.75, 3.05) is 39.8 Å². The molecule has 2 rings (SSSR count). The van der Waals surface area contributed by atoms with Crippen LogP contribution in [-0.4, -0.2) is 55.5 Å². The van der Waals surface area contributed by atoms with Crippen LogP contribution < -0.4 is 10.5 Å². The van der Waals surface area contributed by atoms with Crippen LogP contribution in [0.15, 0.2) is 24.3 Å². The molecule has 116 valence electrons. The number of likely N-dealkylation sites (N-methyl/N-ethyl adjacent to an activating group) is 1. The molecule has 1 heterocycles. The Kier molecular flexibility index (Phi) is 6.02. The van der Waals surface area contributed by atoms with Crippen molar-refractivity contribution in [3.05, 3.63) is 29.8 Å². The molecule has 1 amide bonds. The fourth-order valence-corrected chi connectivity index (χ4v) is 2.40. The van der Waals surface area contributed by atoms with Crippen molar-refractivity contribution in [2.45, 2.75) is 19.4 Å². The van der Waals surface area contributed by atoms with E-state index in [-0.39, 0.29) is 12.5 Å². The zero-order valence-corrected chi connectivity index (χ0v) is 12.8. The summed E-state index contributed by atoms with van der Waals surface area (Å²) in [6.45, 7) is 4.62. The highest BCUT2D eigenvalue weighted by Crippen LogP contribution is 2.12. The lowest BCUT2D eigenvalue weighted by Crippen LogP contribution is -2.37. The Morgan fingerprint density at radius 1 is 1.29 bits per heavy atom. The molecule has 21 heavy (non-hydrogen) atoms. The highest BCUT2D eigenvalue weighted by atomic mass is 16.5. The lowest BCUT2D eigenvalue weighted by atomic mass is 10.2. The number of carbonyl (C=O) groups is 1. The maximum atomic E-state index is 12.0. The maximum absolute atomic E-state index is 12.0. The summed E-state index contributed by atoms with van der Waals surface area (Å²) in [7, 11) is 1.83. The van der Waals surface area contributed by atoms with Crippen molar-refractivity contribution < 1.29 is 9.53 Å². The molecule has 0 atom stereocenters. The fourth-order valence-electron chi connectivity index (χ4n) is 2.40. The number of nitrogens with zero attached hydrogens (tertiary/aromatic N) is 2. The standard InChI is InChI=1S/C16H25N3O2/c1-18(10-11-19-8-2-3-9-19)16(20)13-21-15-6-4-14(12-17)5-7-15/h4-7H,2-3,8-13,17H2,1H3. The van der Waals surface area contributed by atoms with Crippen molar-refractivity contribution in [3.8, 4) is 5.75 Å². The van der Waals surface area contributed by atoms with Crippen molar-refractivity contribution >= 4 is 5.91 Å². The molecule has 5 heteroatoms. The lowest BCUT2D eigenvalue weighted by molar-refractivity contribution is -0.132. The highest BCUT2D eigenvalue weighted by molar-refractivity contribution is 5.77. The van der Waals surface area contributed by atoms with Gasteiger partial charge in [0.15, 0.2) is 6.61 Å². The van der Waals surface area contributed by atoms with Crippen LogP contribution >= 0.6 is 0 Å². The molecule has 0 radical (unpaired) electrons. The number of hydrogen-bond acceptors (Lipinski definition) is 4. The minimum Gasteiger partial charge on any atom is -0.484 e. The number of amides is 1. The van der Waals surface area contributed by atoms with Gasteiger partial charge in [-0.25, -0.2) is 0 Å². The Balaban J connectivity index is 1.69. The predicted octanol–water partition coefficient (Wildman–Crippen LogP) is 1.08. The van der Waals surface area contributed by atoms with Crippen molar-refractivity contribution in [1.29, 1.82) is 0 Å². The molecule has 0 unspecified atom stereocenters. The quantitative estimate of drug-likeness (QED) is 0.816. The normalized spacial score (nSPS) is 15.1. The average molecular weight is 291 g/mol. The lowest BCUT2D eigenvalue weighted by Gasteiger charge is -2.21. The number of rotatable bonds is 7. The van der Waals surface area contributed by atoms with Gasteiger partial charge in [-0.15, -0.1) is 0 Å². The Labute approximate surface area is 126 Å². The molecule has 0 aromatic heterocycles. The molecule has 1 aromatic carbocycles. The van der Waals surface area contributed by atoms with Crippen LogP contribution in [0.3, 0.4) is 0 Å². The first kappa shape index (κ1) is 15.8. The van der Waals surface area contributed by atoms with Crippen molar-refractivity contribution in [3.63, 3.8) is 0 Å². The zero-order valence-electron chi connectivity index (χ0n) is 12.8. The molecular weight excluding hydrogens is 266 g/mol. The Morgan fingerprint density at radius 3 is 2.57 bits per heavy atom. The summed E-state index contributed by atoms with van der Waals surface area (Å²) in [6.07, 6.45) is 2.55. The minimum absolute atomic E-state index is 0.0112. The summed E-state index contributed by atoms with van der Waals surface area (Å²) in [5, 5.41) is 0. The first-order valence-electron chi connectivity index (χ1n) is 7.57. The van der Waals surface area contributed by atoms with Crippen LogP contribution in [0.4, 0.5) is 0 Å². The summed E-state index contributed by atoms with van der Waals surface area (Å²) in [5.74, 6) is 0.714. The monoisotopic (exact) mass is 291 g/mol. The van der Waals surface area contributed by atoms with E-state index in [1.807, 2.05) is 31.3 Å². The van der Waals surface area contributed by atoms with Crippen LogP contribution in [-0.2, 0) is 11.3 Å². The molecule has 0 aliphatic carbocycles. The van der Waals surface area contributed by atoms with Gasteiger partial charge in [-0.05, 0) is 43.6 Å². The topological polar surface area (TPSA) is 58.8 Å². The van der Waals surface area contributed by atoms with E-state index in [1.165, 1.54) is 12.8 Å². The van der Waals surface area contributed by atoms with Gasteiger partial charge >= 0.3 is 0 Å². The van der Waals surface area contributed by atoms with E-state index in [1.54, 1.807) is 4.90 Å². The van der Waals surface area contributed by atoms with Crippen LogP contribution in [0.25, 0.3) is 0 Å². The minimum atomic E-state index is 0.0112. The van der Waals surface area contributed by atoms with E-state index in [2.05, 4.69) is 4.90 Å². The number of benzene rings is 1. The third-order valence-electron chi connectivity index (χ3n) is 3.90. The zero-order chi connectivity index (χ0) is 15.1. The molecule has 2 N–H and O–H groups in total. The van der Waals surface area contributed by atoms with Gasteiger partial charge in [-0.3, -0.25) is 4.79 Å². The van der Waals surface area contributed by atoms with E-state index >= 15 is 0 Å². The molecule has 1 aliphatic rings. The van der Waals surface area contributed by atoms with Gasteiger partial charge in [0.2, 0.25) is 0 Å². The number of ether oxygens (including phenoxy) is 1. The second-order valence-corrected chi connectivity index (χ2v) is 5.50. The van der Waals surface area contributed by atoms with E-state index in [0.717, 1.165) is 31.7 Å². The summed E-state index contributed by atoms with van der Waals surface area (Å²) < 4.78 is 5.51. The molecule has 1 saturated heterocycles. The molecule has 1 fully saturated rings. The summed E-state index contributed by atoms with van der Waals surface area (Å²) in [5.41, 5.74) is 6.59. The summed E-state index contributed by atoms with van der Waals surface area (Å²) >= 11 is 0. The number of likely N-dealkylation sites (tertiary alicyclic amines) is 1. The van der Waals surface area contributed by atoms with Gasteiger partial charge < -0.3 is 20.3 Å². The first-order valence-corrected chi connectivity index (χ1v) is 7.57. The second-order valence-electron chi connectivity index (χ2n) is 5.50. The number of carbonyl (C=O) groups excluding carboxylic acids is 1. The molecule has 0 spiro atoms. The molecule has 1 aliphatic heterocycles. The van der Waals surface area contributed by atoms with E-state index in [9.17, 15) is 4.79 Å². The fraction of sp³-hybridized carbons (Fsp3) is 0.562. The summed E-state index contributed by atoms with van der Waals surface area (Å²) in [6, 6.07) is 7.52. The van der Waals surface area contributed by atoms with Gasteiger partial charge in [-0.1, -0.05) is 12.1 Å². The SMILES string of the molecule is CN(CCN1CCCC1)C(=O)COc1ccc(CN)cc1. The number of hydrogen-bond donors (Lipinski definition) is 1. The van der Waals surface area contributed by atoms with E-state index in [0.29, 0.717) is 12.3 Å². The molecule has 5 nitrogen and oxygen atoms in total. The van der Waals surface area contributed by atoms with Gasteiger partial charge in [0, 0.05) is 26.7 Å². The van der Waals surface area contributed by atoms with E-state index in [4.69, 9.17) is 10.5 Å².